The first-order valence-corrected chi connectivity index (χ1v) is 13.1. The van der Waals surface area contributed by atoms with Gasteiger partial charge in [-0.05, 0) is 54.0 Å². The van der Waals surface area contributed by atoms with Crippen LogP contribution in [0.3, 0.4) is 0 Å². The van der Waals surface area contributed by atoms with Crippen LogP contribution in [0.4, 0.5) is 0 Å². The molecule has 1 amide bonds. The summed E-state index contributed by atoms with van der Waals surface area (Å²) in [4.78, 5) is 31.0. The summed E-state index contributed by atoms with van der Waals surface area (Å²) in [5.74, 6) is -1.15. The Morgan fingerprint density at radius 2 is 1.94 bits per heavy atom. The third-order valence-electron chi connectivity index (χ3n) is 5.91. The molecule has 1 aliphatic rings. The zero-order chi connectivity index (χ0) is 26.0. The summed E-state index contributed by atoms with van der Waals surface area (Å²) in [6.07, 6.45) is 2.20. The number of fused-ring (bicyclic) bond motifs is 1. The van der Waals surface area contributed by atoms with Gasteiger partial charge in [0.05, 0.1) is 10.4 Å². The van der Waals surface area contributed by atoms with Gasteiger partial charge in [0.25, 0.3) is 5.91 Å². The summed E-state index contributed by atoms with van der Waals surface area (Å²) < 4.78 is 6.12. The fourth-order valence-corrected chi connectivity index (χ4v) is 5.42. The minimum Gasteiger partial charge on any atom is -0.489 e. The summed E-state index contributed by atoms with van der Waals surface area (Å²) in [7, 11) is 0. The Morgan fingerprint density at radius 1 is 1.22 bits per heavy atom. The quantitative estimate of drug-likeness (QED) is 0.184. The summed E-state index contributed by atoms with van der Waals surface area (Å²) in [6, 6.07) is 13.7. The molecule has 6 nitrogen and oxygen atoms in total. The number of ether oxygens (including phenoxy) is 1. The van der Waals surface area contributed by atoms with E-state index < -0.39 is 17.9 Å². The smallest absolute Gasteiger partial charge is 0.327 e. The lowest BCUT2D eigenvalue weighted by Crippen LogP contribution is -2.47. The van der Waals surface area contributed by atoms with Gasteiger partial charge in [-0.15, -0.1) is 0 Å². The average Bonchev–Trinajstić information content (AvgIpc) is 3.11. The van der Waals surface area contributed by atoms with Crippen LogP contribution in [0.15, 0.2) is 53.4 Å². The standard InChI is InChI=1S/C26H22Cl2N2O4S2/c1-3-14(2)22(25(32)33)30-24(31)21(36-26(30)35)12-17-10-16-11-19(8-9-20(16)29-23(17)28)34-13-15-4-6-18(27)7-5-15/h4-12,14,22H,3,13H2,1-2H3,(H,32,33)/b21-12-/t14?,22-/m0/s1. The van der Waals surface area contributed by atoms with Gasteiger partial charge < -0.3 is 9.84 Å². The number of nitrogens with zero attached hydrogens (tertiary/aromatic N) is 2. The Hall–Kier alpha value is -2.65. The van der Waals surface area contributed by atoms with Crippen LogP contribution in [-0.4, -0.2) is 37.2 Å². The number of thiocarbonyl (C=S) groups is 1. The Morgan fingerprint density at radius 3 is 2.61 bits per heavy atom. The number of halogens is 2. The lowest BCUT2D eigenvalue weighted by atomic mass is 9.98. The lowest BCUT2D eigenvalue weighted by molar-refractivity contribution is -0.147. The van der Waals surface area contributed by atoms with Gasteiger partial charge in [-0.2, -0.15) is 0 Å². The molecule has 186 valence electrons. The fraction of sp³-hybridized carbons (Fsp3) is 0.231. The molecule has 0 bridgehead atoms. The van der Waals surface area contributed by atoms with E-state index in [1.807, 2.05) is 55.5 Å². The molecule has 36 heavy (non-hydrogen) atoms. The number of benzene rings is 2. The molecule has 1 aromatic heterocycles. The number of carboxylic acid groups (broad SMARTS) is 1. The molecule has 0 saturated carbocycles. The van der Waals surface area contributed by atoms with Gasteiger partial charge >= 0.3 is 5.97 Å². The molecule has 1 aliphatic heterocycles. The highest BCUT2D eigenvalue weighted by Gasteiger charge is 2.42. The Kier molecular flexibility index (Phi) is 8.20. The largest absolute Gasteiger partial charge is 0.489 e. The van der Waals surface area contributed by atoms with Crippen LogP contribution in [-0.2, 0) is 16.2 Å². The molecule has 1 N–H and O–H groups in total. The second kappa shape index (κ2) is 11.2. The van der Waals surface area contributed by atoms with Crippen molar-refractivity contribution < 1.29 is 19.4 Å². The van der Waals surface area contributed by atoms with Crippen molar-refractivity contribution in [3.8, 4) is 5.75 Å². The minimum absolute atomic E-state index is 0.210. The van der Waals surface area contributed by atoms with Crippen molar-refractivity contribution in [3.63, 3.8) is 0 Å². The number of hydrogen-bond acceptors (Lipinski definition) is 6. The molecule has 1 fully saturated rings. The molecule has 10 heteroatoms. The van der Waals surface area contributed by atoms with E-state index >= 15 is 0 Å². The van der Waals surface area contributed by atoms with Gasteiger partial charge in [-0.1, -0.05) is 79.6 Å². The number of carbonyl (C=O) groups is 2. The molecule has 2 heterocycles. The Labute approximate surface area is 228 Å². The van der Waals surface area contributed by atoms with Crippen LogP contribution in [0.1, 0.15) is 31.4 Å². The van der Waals surface area contributed by atoms with E-state index in [2.05, 4.69) is 4.98 Å². The minimum atomic E-state index is -1.08. The number of aliphatic carboxylic acids is 1. The highest BCUT2D eigenvalue weighted by atomic mass is 35.5. The zero-order valence-corrected chi connectivity index (χ0v) is 22.5. The molecule has 1 saturated heterocycles. The second-order valence-electron chi connectivity index (χ2n) is 8.36. The van der Waals surface area contributed by atoms with Gasteiger partial charge in [-0.25, -0.2) is 9.78 Å². The molecule has 0 radical (unpaired) electrons. The second-order valence-corrected chi connectivity index (χ2v) is 10.8. The molecule has 2 atom stereocenters. The number of carbonyl (C=O) groups excluding carboxylic acids is 1. The predicted octanol–water partition coefficient (Wildman–Crippen LogP) is 6.82. The van der Waals surface area contributed by atoms with Crippen molar-refractivity contribution in [1.29, 1.82) is 0 Å². The van der Waals surface area contributed by atoms with Crippen molar-refractivity contribution in [2.24, 2.45) is 5.92 Å². The number of carboxylic acids is 1. The third kappa shape index (κ3) is 5.67. The average molecular weight is 562 g/mol. The van der Waals surface area contributed by atoms with Gasteiger partial charge in [0.15, 0.2) is 0 Å². The van der Waals surface area contributed by atoms with Crippen molar-refractivity contribution in [2.45, 2.75) is 32.9 Å². The van der Waals surface area contributed by atoms with E-state index in [-0.39, 0.29) is 15.4 Å². The summed E-state index contributed by atoms with van der Waals surface area (Å²) in [6.45, 7) is 4.04. The van der Waals surface area contributed by atoms with Crippen molar-refractivity contribution in [1.82, 2.24) is 9.88 Å². The summed E-state index contributed by atoms with van der Waals surface area (Å²) in [5, 5.41) is 11.4. The van der Waals surface area contributed by atoms with Crippen LogP contribution >= 0.6 is 47.2 Å². The van der Waals surface area contributed by atoms with Gasteiger partial charge in [0.2, 0.25) is 0 Å². The van der Waals surface area contributed by atoms with E-state index in [1.54, 1.807) is 13.0 Å². The van der Waals surface area contributed by atoms with E-state index in [1.165, 1.54) is 4.90 Å². The maximum atomic E-state index is 13.2. The number of amides is 1. The molecular formula is C26H22Cl2N2O4S2. The number of pyridine rings is 1. The van der Waals surface area contributed by atoms with Crippen molar-refractivity contribution in [3.05, 3.63) is 74.7 Å². The zero-order valence-electron chi connectivity index (χ0n) is 19.4. The van der Waals surface area contributed by atoms with Crippen LogP contribution in [0.2, 0.25) is 10.2 Å². The summed E-state index contributed by atoms with van der Waals surface area (Å²) >= 11 is 18.8. The normalized spacial score (nSPS) is 16.6. The highest BCUT2D eigenvalue weighted by molar-refractivity contribution is 8.26. The Balaban J connectivity index is 1.60. The molecule has 3 aromatic rings. The number of rotatable bonds is 8. The number of aromatic nitrogens is 1. The van der Waals surface area contributed by atoms with Gasteiger partial charge in [-0.3, -0.25) is 9.69 Å². The van der Waals surface area contributed by atoms with Crippen LogP contribution in [0.5, 0.6) is 5.75 Å². The molecule has 1 unspecified atom stereocenters. The highest BCUT2D eigenvalue weighted by Crippen LogP contribution is 2.37. The van der Waals surface area contributed by atoms with E-state index in [0.717, 1.165) is 22.7 Å². The number of hydrogen-bond donors (Lipinski definition) is 1. The maximum Gasteiger partial charge on any atom is 0.327 e. The first kappa shape index (κ1) is 26.4. The molecule has 0 aliphatic carbocycles. The van der Waals surface area contributed by atoms with E-state index in [4.69, 9.17) is 40.2 Å². The maximum absolute atomic E-state index is 13.2. The van der Waals surface area contributed by atoms with Gasteiger partial charge in [0, 0.05) is 16.0 Å². The third-order valence-corrected chi connectivity index (χ3v) is 7.79. The molecule has 0 spiro atoms. The Bertz CT molecular complexity index is 1380. The predicted molar refractivity (Wildman–Crippen MR) is 148 cm³/mol. The molecule has 2 aromatic carbocycles. The first-order chi connectivity index (χ1) is 17.2. The van der Waals surface area contributed by atoms with Crippen LogP contribution in [0, 0.1) is 5.92 Å². The summed E-state index contributed by atoms with van der Waals surface area (Å²) in [5.41, 5.74) is 2.18. The number of thioether (sulfide) groups is 1. The topological polar surface area (TPSA) is 79.7 Å². The first-order valence-electron chi connectivity index (χ1n) is 11.1. The van der Waals surface area contributed by atoms with Crippen LogP contribution in [0.25, 0.3) is 17.0 Å². The van der Waals surface area contributed by atoms with E-state index in [0.29, 0.717) is 39.8 Å². The fourth-order valence-electron chi connectivity index (χ4n) is 3.78. The van der Waals surface area contributed by atoms with Gasteiger partial charge in [0.1, 0.15) is 27.9 Å². The molecular weight excluding hydrogens is 539 g/mol. The van der Waals surface area contributed by atoms with E-state index in [9.17, 15) is 14.7 Å². The SMILES string of the molecule is CCC(C)[C@@H](C(=O)O)N1C(=O)/C(=C/c2cc3cc(OCc4ccc(Cl)cc4)ccc3nc2Cl)SC1=S. The monoisotopic (exact) mass is 560 g/mol. The van der Waals surface area contributed by atoms with Crippen LogP contribution < -0.4 is 4.74 Å². The van der Waals surface area contributed by atoms with Crippen molar-refractivity contribution in [2.75, 3.05) is 0 Å². The lowest BCUT2D eigenvalue weighted by Gasteiger charge is -2.27. The van der Waals surface area contributed by atoms with Crippen molar-refractivity contribution >= 4 is 80.4 Å². The molecule has 4 rings (SSSR count).